The van der Waals surface area contributed by atoms with E-state index in [1.165, 1.54) is 5.56 Å². The van der Waals surface area contributed by atoms with Gasteiger partial charge in [-0.05, 0) is 36.7 Å². The van der Waals surface area contributed by atoms with E-state index >= 15 is 0 Å². The zero-order valence-corrected chi connectivity index (χ0v) is 10.6. The summed E-state index contributed by atoms with van der Waals surface area (Å²) in [6.45, 7) is 4.96. The summed E-state index contributed by atoms with van der Waals surface area (Å²) in [5, 5.41) is 3.33. The summed E-state index contributed by atoms with van der Waals surface area (Å²) in [6.07, 6.45) is 0. The smallest absolute Gasteiger partial charge is 0.119 e. The van der Waals surface area contributed by atoms with Crippen molar-refractivity contribution in [3.8, 4) is 5.75 Å². The van der Waals surface area contributed by atoms with Crippen LogP contribution in [0.1, 0.15) is 25.5 Å². The first-order chi connectivity index (χ1) is 7.55. The quantitative estimate of drug-likeness (QED) is 0.800. The molecule has 0 heterocycles. The van der Waals surface area contributed by atoms with E-state index in [0.717, 1.165) is 5.75 Å². The summed E-state index contributed by atoms with van der Waals surface area (Å²) in [5.41, 5.74) is 7.04. The molecule has 3 N–H and O–H groups in total. The number of hydrogen-bond acceptors (Lipinski definition) is 3. The van der Waals surface area contributed by atoms with Crippen molar-refractivity contribution in [2.45, 2.75) is 19.9 Å². The molecule has 16 heavy (non-hydrogen) atoms. The molecule has 0 aromatic heterocycles. The molecule has 0 saturated heterocycles. The molecular weight excluding hydrogens is 200 g/mol. The van der Waals surface area contributed by atoms with E-state index in [2.05, 4.69) is 31.3 Å². The third kappa shape index (κ3) is 2.74. The molecule has 1 atom stereocenters. The number of methoxy groups -OCH3 is 1. The minimum absolute atomic E-state index is 0.0150. The molecule has 0 aliphatic carbocycles. The molecule has 90 valence electrons. The second kappa shape index (κ2) is 5.32. The van der Waals surface area contributed by atoms with Gasteiger partial charge in [0.15, 0.2) is 0 Å². The van der Waals surface area contributed by atoms with Gasteiger partial charge in [0.25, 0.3) is 0 Å². The number of hydrogen-bond donors (Lipinski definition) is 2. The van der Waals surface area contributed by atoms with Gasteiger partial charge >= 0.3 is 0 Å². The van der Waals surface area contributed by atoms with Crippen LogP contribution in [0, 0.1) is 5.41 Å². The van der Waals surface area contributed by atoms with Gasteiger partial charge in [0, 0.05) is 6.04 Å². The number of benzene rings is 1. The zero-order valence-electron chi connectivity index (χ0n) is 10.6. The lowest BCUT2D eigenvalue weighted by atomic mass is 9.80. The Hall–Kier alpha value is -1.06. The topological polar surface area (TPSA) is 47.3 Å². The van der Waals surface area contributed by atoms with Crippen LogP contribution in [-0.2, 0) is 0 Å². The monoisotopic (exact) mass is 222 g/mol. The van der Waals surface area contributed by atoms with E-state index in [0.29, 0.717) is 6.54 Å². The van der Waals surface area contributed by atoms with Gasteiger partial charge in [-0.2, -0.15) is 0 Å². The maximum Gasteiger partial charge on any atom is 0.119 e. The summed E-state index contributed by atoms with van der Waals surface area (Å²) < 4.78 is 5.24. The van der Waals surface area contributed by atoms with Crippen molar-refractivity contribution >= 4 is 0 Å². The molecule has 1 unspecified atom stereocenters. The first-order valence-corrected chi connectivity index (χ1v) is 5.56. The molecule has 1 rings (SSSR count). The Bertz CT molecular complexity index is 336. The lowest BCUT2D eigenvalue weighted by Crippen LogP contribution is -2.37. The van der Waals surface area contributed by atoms with E-state index in [-0.39, 0.29) is 11.5 Å². The van der Waals surface area contributed by atoms with Crippen LogP contribution in [0.2, 0.25) is 0 Å². The predicted molar refractivity (Wildman–Crippen MR) is 67.6 cm³/mol. The third-order valence-corrected chi connectivity index (χ3v) is 3.02. The number of nitrogens with one attached hydrogen (secondary N) is 1. The van der Waals surface area contributed by atoms with Crippen LogP contribution in [0.4, 0.5) is 0 Å². The van der Waals surface area contributed by atoms with Gasteiger partial charge < -0.3 is 15.8 Å². The standard InChI is InChI=1S/C13H22N2O/c1-13(2,9-14)12(15-3)10-6-5-7-11(8-10)16-4/h5-8,12,15H,9,14H2,1-4H3. The van der Waals surface area contributed by atoms with E-state index in [9.17, 15) is 0 Å². The average molecular weight is 222 g/mol. The van der Waals surface area contributed by atoms with E-state index < -0.39 is 0 Å². The first-order valence-electron chi connectivity index (χ1n) is 5.56. The molecule has 0 aliphatic heterocycles. The molecule has 0 fully saturated rings. The number of rotatable bonds is 5. The maximum absolute atomic E-state index is 5.82. The van der Waals surface area contributed by atoms with Crippen LogP contribution in [-0.4, -0.2) is 20.7 Å². The van der Waals surface area contributed by atoms with Crippen molar-refractivity contribution in [3.05, 3.63) is 29.8 Å². The van der Waals surface area contributed by atoms with Crippen LogP contribution in [0.25, 0.3) is 0 Å². The van der Waals surface area contributed by atoms with Crippen molar-refractivity contribution in [2.75, 3.05) is 20.7 Å². The highest BCUT2D eigenvalue weighted by molar-refractivity contribution is 5.31. The molecule has 3 heteroatoms. The van der Waals surface area contributed by atoms with Crippen molar-refractivity contribution in [2.24, 2.45) is 11.1 Å². The van der Waals surface area contributed by atoms with Gasteiger partial charge in [-0.1, -0.05) is 26.0 Å². The normalized spacial score (nSPS) is 13.6. The molecule has 0 radical (unpaired) electrons. The summed E-state index contributed by atoms with van der Waals surface area (Å²) in [7, 11) is 3.64. The van der Waals surface area contributed by atoms with Crippen LogP contribution >= 0.6 is 0 Å². The summed E-state index contributed by atoms with van der Waals surface area (Å²) >= 11 is 0. The SMILES string of the molecule is CNC(c1cccc(OC)c1)C(C)(C)CN. The largest absolute Gasteiger partial charge is 0.497 e. The Labute approximate surface area is 98.0 Å². The van der Waals surface area contributed by atoms with Gasteiger partial charge in [-0.15, -0.1) is 0 Å². The summed E-state index contributed by atoms with van der Waals surface area (Å²) in [6, 6.07) is 8.34. The van der Waals surface area contributed by atoms with Crippen LogP contribution in [0.5, 0.6) is 5.75 Å². The van der Waals surface area contributed by atoms with Crippen LogP contribution in [0.3, 0.4) is 0 Å². The lowest BCUT2D eigenvalue weighted by molar-refractivity contribution is 0.265. The lowest BCUT2D eigenvalue weighted by Gasteiger charge is -2.33. The summed E-state index contributed by atoms with van der Waals surface area (Å²) in [5.74, 6) is 0.880. The Morgan fingerprint density at radius 2 is 2.12 bits per heavy atom. The Morgan fingerprint density at radius 3 is 2.62 bits per heavy atom. The fourth-order valence-electron chi connectivity index (χ4n) is 1.95. The van der Waals surface area contributed by atoms with Gasteiger partial charge in [0.05, 0.1) is 7.11 Å². The second-order valence-electron chi connectivity index (χ2n) is 4.69. The van der Waals surface area contributed by atoms with Crippen molar-refractivity contribution in [3.63, 3.8) is 0 Å². The van der Waals surface area contributed by atoms with Gasteiger partial charge in [0.2, 0.25) is 0 Å². The Kier molecular flexibility index (Phi) is 4.33. The average Bonchev–Trinajstić information content (AvgIpc) is 2.30. The molecule has 3 nitrogen and oxygen atoms in total. The third-order valence-electron chi connectivity index (χ3n) is 3.02. The highest BCUT2D eigenvalue weighted by atomic mass is 16.5. The molecular formula is C13H22N2O. The molecule has 1 aromatic carbocycles. The minimum atomic E-state index is 0.0150. The minimum Gasteiger partial charge on any atom is -0.497 e. The molecule has 0 saturated carbocycles. The fourth-order valence-corrected chi connectivity index (χ4v) is 1.95. The maximum atomic E-state index is 5.82. The van der Waals surface area contributed by atoms with E-state index in [4.69, 9.17) is 10.5 Å². The van der Waals surface area contributed by atoms with E-state index in [1.54, 1.807) is 7.11 Å². The van der Waals surface area contributed by atoms with Gasteiger partial charge in [-0.25, -0.2) is 0 Å². The zero-order chi connectivity index (χ0) is 12.2. The highest BCUT2D eigenvalue weighted by Crippen LogP contribution is 2.33. The van der Waals surface area contributed by atoms with Crippen LogP contribution < -0.4 is 15.8 Å². The second-order valence-corrected chi connectivity index (χ2v) is 4.69. The predicted octanol–water partition coefficient (Wildman–Crippen LogP) is 1.94. The summed E-state index contributed by atoms with van der Waals surface area (Å²) in [4.78, 5) is 0. The number of nitrogens with two attached hydrogens (primary N) is 1. The van der Waals surface area contributed by atoms with Gasteiger partial charge in [0.1, 0.15) is 5.75 Å². The molecule has 0 amide bonds. The molecule has 0 bridgehead atoms. The highest BCUT2D eigenvalue weighted by Gasteiger charge is 2.28. The molecule has 1 aromatic rings. The number of ether oxygens (including phenoxy) is 1. The first kappa shape index (κ1) is 13.0. The molecule has 0 spiro atoms. The van der Waals surface area contributed by atoms with E-state index in [1.807, 2.05) is 19.2 Å². The fraction of sp³-hybridized carbons (Fsp3) is 0.538. The van der Waals surface area contributed by atoms with Crippen molar-refractivity contribution in [1.29, 1.82) is 0 Å². The Balaban J connectivity index is 3.03. The van der Waals surface area contributed by atoms with Crippen LogP contribution in [0.15, 0.2) is 24.3 Å². The molecule has 0 aliphatic rings. The Morgan fingerprint density at radius 1 is 1.44 bits per heavy atom. The van der Waals surface area contributed by atoms with Gasteiger partial charge in [-0.3, -0.25) is 0 Å². The van der Waals surface area contributed by atoms with Crippen molar-refractivity contribution in [1.82, 2.24) is 5.32 Å². The van der Waals surface area contributed by atoms with Crippen molar-refractivity contribution < 1.29 is 4.74 Å².